The zero-order chi connectivity index (χ0) is 11.6. The molecular formula is C10H17FN4O. The second-order valence-electron chi connectivity index (χ2n) is 4.37. The number of aryl methyl sites for hydroxylation is 1. The predicted octanol–water partition coefficient (Wildman–Crippen LogP) is 0.378. The molecule has 0 radical (unpaired) electrons. The van der Waals surface area contributed by atoms with Crippen LogP contribution < -0.4 is 5.32 Å². The van der Waals surface area contributed by atoms with Crippen LogP contribution in [0.5, 0.6) is 0 Å². The van der Waals surface area contributed by atoms with Crippen LogP contribution in [-0.2, 0) is 17.5 Å². The first kappa shape index (κ1) is 11.5. The Labute approximate surface area is 94.0 Å². The maximum absolute atomic E-state index is 14.5. The van der Waals surface area contributed by atoms with Gasteiger partial charge < -0.3 is 10.1 Å². The lowest BCUT2D eigenvalue weighted by Crippen LogP contribution is -2.44. The molecule has 1 fully saturated rings. The Morgan fingerprint density at radius 1 is 1.75 bits per heavy atom. The normalized spacial score (nSPS) is 25.3. The maximum Gasteiger partial charge on any atom is 0.152 e. The maximum atomic E-state index is 14.5. The number of hydrogen-bond donors (Lipinski definition) is 1. The summed E-state index contributed by atoms with van der Waals surface area (Å²) in [6.45, 7) is 3.60. The van der Waals surface area contributed by atoms with Crippen LogP contribution in [0.15, 0.2) is 6.20 Å². The van der Waals surface area contributed by atoms with Crippen LogP contribution in [0.2, 0.25) is 0 Å². The summed E-state index contributed by atoms with van der Waals surface area (Å²) < 4.78 is 21.3. The van der Waals surface area contributed by atoms with E-state index in [1.165, 1.54) is 10.9 Å². The highest BCUT2D eigenvalue weighted by atomic mass is 19.1. The van der Waals surface area contributed by atoms with E-state index in [0.717, 1.165) is 6.54 Å². The molecule has 1 aromatic heterocycles. The molecule has 1 aromatic rings. The number of morpholine rings is 1. The molecule has 16 heavy (non-hydrogen) atoms. The van der Waals surface area contributed by atoms with E-state index in [0.29, 0.717) is 25.3 Å². The molecule has 2 unspecified atom stereocenters. The van der Waals surface area contributed by atoms with Gasteiger partial charge in [0.2, 0.25) is 0 Å². The van der Waals surface area contributed by atoms with Crippen molar-refractivity contribution in [1.82, 2.24) is 20.3 Å². The van der Waals surface area contributed by atoms with E-state index >= 15 is 0 Å². The van der Waals surface area contributed by atoms with Crippen LogP contribution >= 0.6 is 0 Å². The van der Waals surface area contributed by atoms with Gasteiger partial charge in [0, 0.05) is 26.1 Å². The van der Waals surface area contributed by atoms with Crippen LogP contribution in [-0.4, -0.2) is 40.8 Å². The van der Waals surface area contributed by atoms with Crippen molar-refractivity contribution in [2.45, 2.75) is 25.1 Å². The van der Waals surface area contributed by atoms with Crippen molar-refractivity contribution in [3.05, 3.63) is 11.9 Å². The fourth-order valence-electron chi connectivity index (χ4n) is 2.08. The van der Waals surface area contributed by atoms with Gasteiger partial charge in [0.25, 0.3) is 0 Å². The molecule has 90 valence electrons. The SMILES string of the molecule is Cn1nncc1C(C)(F)CC1COCCN1. The summed E-state index contributed by atoms with van der Waals surface area (Å²) in [6.07, 6.45) is 1.85. The molecule has 2 heterocycles. The van der Waals surface area contributed by atoms with Crippen molar-refractivity contribution in [1.29, 1.82) is 0 Å². The van der Waals surface area contributed by atoms with Crippen molar-refractivity contribution in [2.24, 2.45) is 7.05 Å². The largest absolute Gasteiger partial charge is 0.379 e. The van der Waals surface area contributed by atoms with Crippen molar-refractivity contribution >= 4 is 0 Å². The number of halogens is 1. The average Bonchev–Trinajstić information content (AvgIpc) is 2.66. The molecule has 0 amide bonds. The third kappa shape index (κ3) is 2.38. The molecule has 2 rings (SSSR count). The van der Waals surface area contributed by atoms with E-state index in [1.54, 1.807) is 14.0 Å². The van der Waals surface area contributed by atoms with Crippen LogP contribution in [0.3, 0.4) is 0 Å². The molecule has 5 nitrogen and oxygen atoms in total. The number of hydrogen-bond acceptors (Lipinski definition) is 4. The lowest BCUT2D eigenvalue weighted by Gasteiger charge is -2.29. The third-order valence-corrected chi connectivity index (χ3v) is 2.88. The third-order valence-electron chi connectivity index (χ3n) is 2.88. The van der Waals surface area contributed by atoms with E-state index < -0.39 is 5.67 Å². The van der Waals surface area contributed by atoms with Crippen molar-refractivity contribution in [3.8, 4) is 0 Å². The predicted molar refractivity (Wildman–Crippen MR) is 56.7 cm³/mol. The quantitative estimate of drug-likeness (QED) is 0.812. The van der Waals surface area contributed by atoms with Crippen LogP contribution in [0.1, 0.15) is 19.0 Å². The number of aromatic nitrogens is 3. The Bertz CT molecular complexity index is 346. The summed E-state index contributed by atoms with van der Waals surface area (Å²) in [7, 11) is 1.70. The molecule has 0 spiro atoms. The minimum absolute atomic E-state index is 0.0543. The Hall–Kier alpha value is -1.01. The molecule has 0 bridgehead atoms. The van der Waals surface area contributed by atoms with Gasteiger partial charge in [-0.15, -0.1) is 5.10 Å². The van der Waals surface area contributed by atoms with Gasteiger partial charge in [-0.05, 0) is 6.92 Å². The van der Waals surface area contributed by atoms with E-state index in [1.807, 2.05) is 0 Å². The lowest BCUT2D eigenvalue weighted by molar-refractivity contribution is 0.0452. The average molecular weight is 228 g/mol. The highest BCUT2D eigenvalue weighted by Crippen LogP contribution is 2.29. The van der Waals surface area contributed by atoms with E-state index in [-0.39, 0.29) is 6.04 Å². The second-order valence-corrected chi connectivity index (χ2v) is 4.37. The summed E-state index contributed by atoms with van der Waals surface area (Å²) in [5, 5.41) is 10.7. The van der Waals surface area contributed by atoms with Gasteiger partial charge in [0.05, 0.1) is 25.1 Å². The standard InChI is InChI=1S/C10H17FN4O/c1-10(11,9-6-13-14-15(9)2)5-8-7-16-4-3-12-8/h6,8,12H,3-5,7H2,1-2H3. The number of nitrogens with zero attached hydrogens (tertiary/aromatic N) is 3. The molecular weight excluding hydrogens is 211 g/mol. The van der Waals surface area contributed by atoms with E-state index in [9.17, 15) is 4.39 Å². The second kappa shape index (κ2) is 4.47. The van der Waals surface area contributed by atoms with Gasteiger partial charge >= 0.3 is 0 Å². The number of alkyl halides is 1. The molecule has 1 aliphatic rings. The van der Waals surface area contributed by atoms with E-state index in [2.05, 4.69) is 15.6 Å². The minimum Gasteiger partial charge on any atom is -0.379 e. The summed E-state index contributed by atoms with van der Waals surface area (Å²) in [5.74, 6) is 0. The first-order valence-electron chi connectivity index (χ1n) is 5.45. The van der Waals surface area contributed by atoms with Crippen LogP contribution in [0.25, 0.3) is 0 Å². The Balaban J connectivity index is 2.04. The van der Waals surface area contributed by atoms with E-state index in [4.69, 9.17) is 4.74 Å². The summed E-state index contributed by atoms with van der Waals surface area (Å²) in [5.41, 5.74) is -0.934. The lowest BCUT2D eigenvalue weighted by atomic mass is 9.95. The zero-order valence-electron chi connectivity index (χ0n) is 9.61. The highest BCUT2D eigenvalue weighted by Gasteiger charge is 2.33. The van der Waals surface area contributed by atoms with Gasteiger partial charge in [0.15, 0.2) is 5.67 Å². The number of rotatable bonds is 3. The summed E-state index contributed by atoms with van der Waals surface area (Å²) >= 11 is 0. The van der Waals surface area contributed by atoms with Crippen molar-refractivity contribution in [2.75, 3.05) is 19.8 Å². The molecule has 6 heteroatoms. The summed E-state index contributed by atoms with van der Waals surface area (Å²) in [6, 6.07) is 0.0543. The number of ether oxygens (including phenoxy) is 1. The summed E-state index contributed by atoms with van der Waals surface area (Å²) in [4.78, 5) is 0. The molecule has 2 atom stereocenters. The van der Waals surface area contributed by atoms with Gasteiger partial charge in [-0.3, -0.25) is 0 Å². The molecule has 1 N–H and O–H groups in total. The molecule has 1 saturated heterocycles. The first-order chi connectivity index (χ1) is 7.59. The number of nitrogens with one attached hydrogen (secondary N) is 1. The minimum atomic E-state index is -1.43. The smallest absolute Gasteiger partial charge is 0.152 e. The molecule has 0 aliphatic carbocycles. The first-order valence-corrected chi connectivity index (χ1v) is 5.45. The van der Waals surface area contributed by atoms with Gasteiger partial charge in [0.1, 0.15) is 0 Å². The Kier molecular flexibility index (Phi) is 3.20. The van der Waals surface area contributed by atoms with Crippen molar-refractivity contribution in [3.63, 3.8) is 0 Å². The topological polar surface area (TPSA) is 52.0 Å². The Morgan fingerprint density at radius 2 is 2.56 bits per heavy atom. The van der Waals surface area contributed by atoms with Crippen LogP contribution in [0, 0.1) is 0 Å². The molecule has 1 aliphatic heterocycles. The fraction of sp³-hybridized carbons (Fsp3) is 0.800. The fourth-order valence-corrected chi connectivity index (χ4v) is 2.08. The Morgan fingerprint density at radius 3 is 3.12 bits per heavy atom. The van der Waals surface area contributed by atoms with Gasteiger partial charge in [-0.2, -0.15) is 0 Å². The van der Waals surface area contributed by atoms with Gasteiger partial charge in [-0.1, -0.05) is 5.21 Å². The molecule has 0 saturated carbocycles. The molecule has 0 aromatic carbocycles. The van der Waals surface area contributed by atoms with Crippen molar-refractivity contribution < 1.29 is 9.13 Å². The monoisotopic (exact) mass is 228 g/mol. The zero-order valence-corrected chi connectivity index (χ0v) is 9.61. The highest BCUT2D eigenvalue weighted by molar-refractivity contribution is 5.07. The van der Waals surface area contributed by atoms with Crippen LogP contribution in [0.4, 0.5) is 4.39 Å². The van der Waals surface area contributed by atoms with Gasteiger partial charge in [-0.25, -0.2) is 9.07 Å².